The van der Waals surface area contributed by atoms with Gasteiger partial charge in [0.15, 0.2) is 0 Å². The third-order valence-corrected chi connectivity index (χ3v) is 6.14. The van der Waals surface area contributed by atoms with Gasteiger partial charge in [0, 0.05) is 25.2 Å². The van der Waals surface area contributed by atoms with Crippen molar-refractivity contribution in [3.63, 3.8) is 0 Å². The molecule has 0 amide bonds. The Bertz CT molecular complexity index is 614. The van der Waals surface area contributed by atoms with Crippen LogP contribution < -0.4 is 4.90 Å². The minimum absolute atomic E-state index is 0.0878. The van der Waals surface area contributed by atoms with Crippen molar-refractivity contribution in [2.75, 3.05) is 31.1 Å². The van der Waals surface area contributed by atoms with Crippen LogP contribution in [0.15, 0.2) is 18.2 Å². The normalized spacial score (nSPS) is 22.5. The first-order valence-corrected chi connectivity index (χ1v) is 9.95. The predicted octanol–water partition coefficient (Wildman–Crippen LogP) is 3.57. The van der Waals surface area contributed by atoms with E-state index in [1.54, 1.807) is 12.1 Å². The highest BCUT2D eigenvalue weighted by Crippen LogP contribution is 2.33. The van der Waals surface area contributed by atoms with Gasteiger partial charge in [-0.15, -0.1) is 0 Å². The van der Waals surface area contributed by atoms with Crippen molar-refractivity contribution in [3.05, 3.63) is 33.9 Å². The molecule has 0 spiro atoms. The number of hydrogen-bond acceptors (Lipinski definition) is 5. The van der Waals surface area contributed by atoms with E-state index >= 15 is 0 Å². The van der Waals surface area contributed by atoms with E-state index in [1.165, 1.54) is 44.8 Å². The Hall–Kier alpha value is -1.66. The quantitative estimate of drug-likeness (QED) is 0.620. The van der Waals surface area contributed by atoms with E-state index in [0.29, 0.717) is 17.6 Å². The molecule has 2 aliphatic heterocycles. The number of anilines is 1. The van der Waals surface area contributed by atoms with Gasteiger partial charge in [-0.3, -0.25) is 10.1 Å². The molecule has 6 heteroatoms. The maximum atomic E-state index is 11.3. The lowest BCUT2D eigenvalue weighted by Gasteiger charge is -2.37. The van der Waals surface area contributed by atoms with Gasteiger partial charge >= 0.3 is 0 Å². The average Bonchev–Trinajstić information content (AvgIpc) is 2.67. The highest BCUT2D eigenvalue weighted by molar-refractivity contribution is 5.64. The van der Waals surface area contributed by atoms with Crippen molar-refractivity contribution in [3.8, 4) is 0 Å². The predicted molar refractivity (Wildman–Crippen MR) is 103 cm³/mol. The van der Waals surface area contributed by atoms with Crippen LogP contribution in [0.5, 0.6) is 0 Å². The largest absolute Gasteiger partial charge is 0.392 e. The number of aliphatic hydroxyl groups excluding tert-OH is 1. The summed E-state index contributed by atoms with van der Waals surface area (Å²) in [5, 5.41) is 20.7. The van der Waals surface area contributed by atoms with E-state index < -0.39 is 0 Å². The minimum Gasteiger partial charge on any atom is -0.392 e. The fraction of sp³-hybridized carbons (Fsp3) is 0.700. The summed E-state index contributed by atoms with van der Waals surface area (Å²) in [5.41, 5.74) is 1.53. The van der Waals surface area contributed by atoms with Gasteiger partial charge in [-0.1, -0.05) is 6.42 Å². The summed E-state index contributed by atoms with van der Waals surface area (Å²) in [4.78, 5) is 15.8. The molecule has 0 bridgehead atoms. The van der Waals surface area contributed by atoms with Gasteiger partial charge in [0.05, 0.1) is 11.5 Å². The lowest BCUT2D eigenvalue weighted by Crippen LogP contribution is -2.40. The van der Waals surface area contributed by atoms with Crippen LogP contribution in [0.1, 0.15) is 51.0 Å². The van der Waals surface area contributed by atoms with E-state index in [2.05, 4.69) is 16.7 Å². The second-order valence-corrected chi connectivity index (χ2v) is 7.84. The zero-order valence-electron chi connectivity index (χ0n) is 15.8. The first-order chi connectivity index (χ1) is 12.6. The molecule has 2 heterocycles. The van der Waals surface area contributed by atoms with E-state index in [0.717, 1.165) is 31.5 Å². The zero-order valence-corrected chi connectivity index (χ0v) is 15.8. The molecular formula is C20H31N3O3. The molecule has 1 atom stereocenters. The first kappa shape index (κ1) is 19.1. The Morgan fingerprint density at radius 2 is 1.96 bits per heavy atom. The highest BCUT2D eigenvalue weighted by atomic mass is 16.6. The summed E-state index contributed by atoms with van der Waals surface area (Å²) in [6, 6.07) is 5.64. The van der Waals surface area contributed by atoms with Crippen LogP contribution in [0.2, 0.25) is 0 Å². The monoisotopic (exact) mass is 361 g/mol. The van der Waals surface area contributed by atoms with Crippen LogP contribution >= 0.6 is 0 Å². The van der Waals surface area contributed by atoms with Crippen LogP contribution in [0.25, 0.3) is 0 Å². The topological polar surface area (TPSA) is 69.8 Å². The van der Waals surface area contributed by atoms with Gasteiger partial charge in [-0.25, -0.2) is 0 Å². The molecule has 2 saturated heterocycles. The summed E-state index contributed by atoms with van der Waals surface area (Å²) in [5.74, 6) is 0.709. The van der Waals surface area contributed by atoms with Gasteiger partial charge in [0.1, 0.15) is 5.69 Å². The van der Waals surface area contributed by atoms with Gasteiger partial charge in [0.2, 0.25) is 0 Å². The Morgan fingerprint density at radius 1 is 1.19 bits per heavy atom. The van der Waals surface area contributed by atoms with Crippen molar-refractivity contribution in [1.82, 2.24) is 4.90 Å². The molecule has 1 unspecified atom stereocenters. The molecule has 2 aliphatic rings. The van der Waals surface area contributed by atoms with Gasteiger partial charge in [-0.05, 0) is 75.7 Å². The zero-order chi connectivity index (χ0) is 18.5. The SMILES string of the molecule is CC1CCCCN1CCC1CCN(c2cc(CO)ccc2[N+](=O)[O-])CC1. The molecule has 144 valence electrons. The van der Waals surface area contributed by atoms with Crippen molar-refractivity contribution >= 4 is 11.4 Å². The molecule has 6 nitrogen and oxygen atoms in total. The van der Waals surface area contributed by atoms with E-state index in [9.17, 15) is 15.2 Å². The van der Waals surface area contributed by atoms with Gasteiger partial charge in [-0.2, -0.15) is 0 Å². The molecule has 0 radical (unpaired) electrons. The Balaban J connectivity index is 1.56. The molecule has 0 aliphatic carbocycles. The number of benzene rings is 1. The summed E-state index contributed by atoms with van der Waals surface area (Å²) in [6.45, 7) is 6.39. The molecule has 0 saturated carbocycles. The number of nitro groups is 1. The third kappa shape index (κ3) is 4.54. The minimum atomic E-state index is -0.319. The van der Waals surface area contributed by atoms with Crippen molar-refractivity contribution in [1.29, 1.82) is 0 Å². The molecule has 1 aromatic carbocycles. The summed E-state index contributed by atoms with van der Waals surface area (Å²) < 4.78 is 0. The fourth-order valence-electron chi connectivity index (χ4n) is 4.38. The van der Waals surface area contributed by atoms with Gasteiger partial charge in [0.25, 0.3) is 5.69 Å². The van der Waals surface area contributed by atoms with Crippen molar-refractivity contribution in [2.24, 2.45) is 5.92 Å². The summed E-state index contributed by atoms with van der Waals surface area (Å²) in [6.07, 6.45) is 7.42. The molecule has 26 heavy (non-hydrogen) atoms. The lowest BCUT2D eigenvalue weighted by atomic mass is 9.92. The number of piperidine rings is 2. The second kappa shape index (κ2) is 8.82. The molecular weight excluding hydrogens is 330 g/mol. The average molecular weight is 361 g/mol. The van der Waals surface area contributed by atoms with Crippen LogP contribution in [-0.4, -0.2) is 47.2 Å². The lowest BCUT2D eigenvalue weighted by molar-refractivity contribution is -0.384. The molecule has 0 aromatic heterocycles. The molecule has 1 aromatic rings. The number of hydrogen-bond donors (Lipinski definition) is 1. The number of nitrogens with zero attached hydrogens (tertiary/aromatic N) is 3. The van der Waals surface area contributed by atoms with Crippen LogP contribution in [-0.2, 0) is 6.61 Å². The third-order valence-electron chi connectivity index (χ3n) is 6.14. The van der Waals surface area contributed by atoms with Gasteiger partial charge < -0.3 is 14.9 Å². The van der Waals surface area contributed by atoms with Crippen molar-refractivity contribution in [2.45, 2.75) is 58.1 Å². The smallest absolute Gasteiger partial charge is 0.292 e. The van der Waals surface area contributed by atoms with Crippen LogP contribution in [0.3, 0.4) is 0 Å². The maximum absolute atomic E-state index is 11.3. The maximum Gasteiger partial charge on any atom is 0.292 e. The van der Waals surface area contributed by atoms with Crippen LogP contribution in [0.4, 0.5) is 11.4 Å². The van der Waals surface area contributed by atoms with E-state index in [4.69, 9.17) is 0 Å². The number of aliphatic hydroxyl groups is 1. The fourth-order valence-corrected chi connectivity index (χ4v) is 4.38. The summed E-state index contributed by atoms with van der Waals surface area (Å²) >= 11 is 0. The molecule has 3 rings (SSSR count). The standard InChI is InChI=1S/C20H31N3O3/c1-16-4-2-3-10-21(16)11-7-17-8-12-22(13-9-17)20-14-18(15-24)5-6-19(20)23(25)26/h5-6,14,16-17,24H,2-4,7-13,15H2,1H3. The number of nitro benzene ring substituents is 1. The Morgan fingerprint density at radius 3 is 2.62 bits per heavy atom. The summed E-state index contributed by atoms with van der Waals surface area (Å²) in [7, 11) is 0. The molecule has 1 N–H and O–H groups in total. The van der Waals surface area contributed by atoms with Crippen LogP contribution in [0, 0.1) is 16.0 Å². The van der Waals surface area contributed by atoms with Crippen molar-refractivity contribution < 1.29 is 10.0 Å². The Labute approximate surface area is 155 Å². The van der Waals surface area contributed by atoms with E-state index in [1.807, 2.05) is 0 Å². The second-order valence-electron chi connectivity index (χ2n) is 7.84. The number of rotatable bonds is 6. The number of likely N-dealkylation sites (tertiary alicyclic amines) is 1. The van der Waals surface area contributed by atoms with E-state index in [-0.39, 0.29) is 17.2 Å². The Kier molecular flexibility index (Phi) is 6.48. The highest BCUT2D eigenvalue weighted by Gasteiger charge is 2.26. The molecule has 2 fully saturated rings. The first-order valence-electron chi connectivity index (χ1n) is 9.95.